The number of unbranched alkanes of at least 4 members (excludes halogenated alkanes) is 2. The van der Waals surface area contributed by atoms with Gasteiger partial charge in [0.2, 0.25) is 5.91 Å². The van der Waals surface area contributed by atoms with Crippen molar-refractivity contribution in [3.8, 4) is 0 Å². The molecule has 3 nitrogen and oxygen atoms in total. The Morgan fingerprint density at radius 1 is 1.35 bits per heavy atom. The van der Waals surface area contributed by atoms with Crippen LogP contribution in [0.2, 0.25) is 0 Å². The number of amides is 1. The Balaban J connectivity index is 1.54. The van der Waals surface area contributed by atoms with E-state index in [0.29, 0.717) is 24.9 Å². The number of rotatable bonds is 8. The molecular formula is C16H26N2OS. The topological polar surface area (TPSA) is 55.1 Å². The number of nitrogens with two attached hydrogens (primary N) is 1. The molecule has 0 saturated heterocycles. The maximum absolute atomic E-state index is 11.9. The van der Waals surface area contributed by atoms with E-state index in [1.807, 2.05) is 11.3 Å². The fourth-order valence-corrected chi connectivity index (χ4v) is 3.76. The van der Waals surface area contributed by atoms with Gasteiger partial charge in [0.1, 0.15) is 0 Å². The van der Waals surface area contributed by atoms with Crippen LogP contribution in [0.4, 0.5) is 0 Å². The van der Waals surface area contributed by atoms with Gasteiger partial charge < -0.3 is 11.1 Å². The highest BCUT2D eigenvalue weighted by atomic mass is 32.1. The summed E-state index contributed by atoms with van der Waals surface area (Å²) in [6.07, 6.45) is 8.60. The fourth-order valence-electron chi connectivity index (χ4n) is 3.00. The van der Waals surface area contributed by atoms with Crippen LogP contribution in [-0.2, 0) is 11.2 Å². The zero-order valence-corrected chi connectivity index (χ0v) is 13.0. The van der Waals surface area contributed by atoms with Gasteiger partial charge in [0.25, 0.3) is 0 Å². The SMILES string of the molecule is NCC1CCCC1NC(=O)CCCCCc1cccs1. The minimum atomic E-state index is 0.214. The molecule has 1 saturated carbocycles. The van der Waals surface area contributed by atoms with Crippen molar-refractivity contribution in [2.75, 3.05) is 6.54 Å². The van der Waals surface area contributed by atoms with Gasteiger partial charge in [-0.3, -0.25) is 4.79 Å². The average molecular weight is 294 g/mol. The van der Waals surface area contributed by atoms with E-state index in [9.17, 15) is 4.79 Å². The second-order valence-electron chi connectivity index (χ2n) is 5.74. The van der Waals surface area contributed by atoms with Crippen molar-refractivity contribution in [1.82, 2.24) is 5.32 Å². The molecule has 1 aromatic rings. The maximum Gasteiger partial charge on any atom is 0.220 e. The summed E-state index contributed by atoms with van der Waals surface area (Å²) in [6.45, 7) is 0.700. The molecule has 4 heteroatoms. The quantitative estimate of drug-likeness (QED) is 0.724. The van der Waals surface area contributed by atoms with E-state index in [2.05, 4.69) is 22.8 Å². The van der Waals surface area contributed by atoms with Gasteiger partial charge in [-0.05, 0) is 56.0 Å². The molecule has 1 aromatic heterocycles. The summed E-state index contributed by atoms with van der Waals surface area (Å²) in [7, 11) is 0. The van der Waals surface area contributed by atoms with Gasteiger partial charge >= 0.3 is 0 Å². The first kappa shape index (κ1) is 15.5. The monoisotopic (exact) mass is 294 g/mol. The van der Waals surface area contributed by atoms with Crippen LogP contribution in [0.15, 0.2) is 17.5 Å². The van der Waals surface area contributed by atoms with E-state index in [1.165, 1.54) is 24.1 Å². The van der Waals surface area contributed by atoms with Crippen molar-refractivity contribution >= 4 is 17.2 Å². The lowest BCUT2D eigenvalue weighted by atomic mass is 10.0. The summed E-state index contributed by atoms with van der Waals surface area (Å²) in [5.41, 5.74) is 5.74. The van der Waals surface area contributed by atoms with E-state index in [0.717, 1.165) is 25.7 Å². The molecular weight excluding hydrogens is 268 g/mol. The van der Waals surface area contributed by atoms with Crippen LogP contribution < -0.4 is 11.1 Å². The molecule has 0 spiro atoms. The summed E-state index contributed by atoms with van der Waals surface area (Å²) >= 11 is 1.82. The van der Waals surface area contributed by atoms with E-state index in [-0.39, 0.29) is 5.91 Å². The lowest BCUT2D eigenvalue weighted by Gasteiger charge is -2.19. The van der Waals surface area contributed by atoms with Gasteiger partial charge in [0.05, 0.1) is 0 Å². The van der Waals surface area contributed by atoms with Crippen LogP contribution in [0.1, 0.15) is 49.8 Å². The van der Waals surface area contributed by atoms with Crippen molar-refractivity contribution in [1.29, 1.82) is 0 Å². The van der Waals surface area contributed by atoms with E-state index in [1.54, 1.807) is 0 Å². The molecule has 20 heavy (non-hydrogen) atoms. The Morgan fingerprint density at radius 2 is 2.25 bits per heavy atom. The predicted molar refractivity (Wildman–Crippen MR) is 84.8 cm³/mol. The number of aryl methyl sites for hydroxylation is 1. The molecule has 1 fully saturated rings. The molecule has 3 N–H and O–H groups in total. The number of hydrogen-bond donors (Lipinski definition) is 2. The van der Waals surface area contributed by atoms with Crippen LogP contribution in [0.25, 0.3) is 0 Å². The van der Waals surface area contributed by atoms with Crippen molar-refractivity contribution < 1.29 is 4.79 Å². The lowest BCUT2D eigenvalue weighted by molar-refractivity contribution is -0.122. The summed E-state index contributed by atoms with van der Waals surface area (Å²) in [5.74, 6) is 0.712. The van der Waals surface area contributed by atoms with Crippen LogP contribution in [0, 0.1) is 5.92 Å². The van der Waals surface area contributed by atoms with E-state index < -0.39 is 0 Å². The third kappa shape index (κ3) is 4.91. The fraction of sp³-hybridized carbons (Fsp3) is 0.688. The van der Waals surface area contributed by atoms with Gasteiger partial charge in [0.15, 0.2) is 0 Å². The minimum absolute atomic E-state index is 0.214. The summed E-state index contributed by atoms with van der Waals surface area (Å²) in [5, 5.41) is 5.29. The van der Waals surface area contributed by atoms with Crippen molar-refractivity contribution in [3.05, 3.63) is 22.4 Å². The molecule has 1 heterocycles. The minimum Gasteiger partial charge on any atom is -0.353 e. The number of hydrogen-bond acceptors (Lipinski definition) is 3. The first-order valence-corrected chi connectivity index (χ1v) is 8.69. The predicted octanol–water partition coefficient (Wildman–Crippen LogP) is 3.09. The standard InChI is InChI=1S/C16H26N2OS/c17-12-13-6-4-9-15(13)18-16(19)10-3-1-2-7-14-8-5-11-20-14/h5,8,11,13,15H,1-4,6-7,9-10,12,17H2,(H,18,19). The third-order valence-electron chi connectivity index (χ3n) is 4.22. The first-order valence-electron chi connectivity index (χ1n) is 7.81. The second-order valence-corrected chi connectivity index (χ2v) is 6.77. The van der Waals surface area contributed by atoms with Gasteiger partial charge in [-0.25, -0.2) is 0 Å². The van der Waals surface area contributed by atoms with Crippen LogP contribution in [-0.4, -0.2) is 18.5 Å². The van der Waals surface area contributed by atoms with Crippen molar-refractivity contribution in [3.63, 3.8) is 0 Å². The highest BCUT2D eigenvalue weighted by molar-refractivity contribution is 7.09. The lowest BCUT2D eigenvalue weighted by Crippen LogP contribution is -2.39. The third-order valence-corrected chi connectivity index (χ3v) is 5.15. The molecule has 0 aromatic carbocycles. The average Bonchev–Trinajstić information content (AvgIpc) is 3.09. The first-order chi connectivity index (χ1) is 9.79. The van der Waals surface area contributed by atoms with Gasteiger partial charge in [0, 0.05) is 17.3 Å². The van der Waals surface area contributed by atoms with Crippen LogP contribution in [0.3, 0.4) is 0 Å². The number of carbonyl (C=O) groups is 1. The van der Waals surface area contributed by atoms with E-state index in [4.69, 9.17) is 5.73 Å². The zero-order chi connectivity index (χ0) is 14.2. The molecule has 0 radical (unpaired) electrons. The molecule has 0 bridgehead atoms. The molecule has 112 valence electrons. The normalized spacial score (nSPS) is 22.1. The molecule has 1 aliphatic rings. The Bertz CT molecular complexity index is 391. The molecule has 2 rings (SSSR count). The molecule has 2 atom stereocenters. The second kappa shape index (κ2) is 8.42. The number of carbonyl (C=O) groups excluding carboxylic acids is 1. The summed E-state index contributed by atoms with van der Waals surface area (Å²) in [4.78, 5) is 13.4. The zero-order valence-electron chi connectivity index (χ0n) is 12.1. The van der Waals surface area contributed by atoms with E-state index >= 15 is 0 Å². The smallest absolute Gasteiger partial charge is 0.220 e. The summed E-state index contributed by atoms with van der Waals surface area (Å²) in [6, 6.07) is 4.62. The van der Waals surface area contributed by atoms with Gasteiger partial charge in [-0.2, -0.15) is 0 Å². The van der Waals surface area contributed by atoms with Crippen LogP contribution in [0.5, 0.6) is 0 Å². The molecule has 1 aliphatic carbocycles. The molecule has 1 amide bonds. The van der Waals surface area contributed by atoms with Crippen LogP contribution >= 0.6 is 11.3 Å². The number of thiophene rings is 1. The van der Waals surface area contributed by atoms with Gasteiger partial charge in [-0.1, -0.05) is 18.9 Å². The Kier molecular flexibility index (Phi) is 6.54. The Hall–Kier alpha value is -0.870. The maximum atomic E-state index is 11.9. The number of nitrogens with one attached hydrogen (secondary N) is 1. The van der Waals surface area contributed by atoms with Gasteiger partial charge in [-0.15, -0.1) is 11.3 Å². The Morgan fingerprint density at radius 3 is 3.00 bits per heavy atom. The van der Waals surface area contributed by atoms with Crippen molar-refractivity contribution in [2.24, 2.45) is 11.7 Å². The molecule has 0 aliphatic heterocycles. The Labute approximate surface area is 125 Å². The highest BCUT2D eigenvalue weighted by Crippen LogP contribution is 2.24. The largest absolute Gasteiger partial charge is 0.353 e. The summed E-state index contributed by atoms with van der Waals surface area (Å²) < 4.78 is 0. The highest BCUT2D eigenvalue weighted by Gasteiger charge is 2.26. The molecule has 2 unspecified atom stereocenters. The van der Waals surface area contributed by atoms with Crippen molar-refractivity contribution in [2.45, 2.75) is 57.4 Å².